The van der Waals surface area contributed by atoms with E-state index in [0.717, 1.165) is 5.56 Å². The van der Waals surface area contributed by atoms with Gasteiger partial charge in [0.2, 0.25) is 0 Å². The van der Waals surface area contributed by atoms with E-state index in [1.807, 2.05) is 30.3 Å². The van der Waals surface area contributed by atoms with Crippen LogP contribution in [0.2, 0.25) is 0 Å². The molecule has 0 fully saturated rings. The number of hydrogen-bond acceptors (Lipinski definition) is 4. The molecule has 1 unspecified atom stereocenters. The van der Waals surface area contributed by atoms with Gasteiger partial charge in [-0.15, -0.1) is 4.91 Å². The molecule has 5 heteroatoms. The zero-order chi connectivity index (χ0) is 12.3. The summed E-state index contributed by atoms with van der Waals surface area (Å²) in [5.74, 6) is 0. The first kappa shape index (κ1) is 11.6. The van der Waals surface area contributed by atoms with E-state index < -0.39 is 11.1 Å². The van der Waals surface area contributed by atoms with E-state index in [2.05, 4.69) is 5.18 Å². The van der Waals surface area contributed by atoms with Crippen molar-refractivity contribution in [1.82, 2.24) is 0 Å². The van der Waals surface area contributed by atoms with E-state index in [1.54, 1.807) is 6.07 Å². The second kappa shape index (κ2) is 4.99. The van der Waals surface area contributed by atoms with E-state index in [1.165, 1.54) is 12.1 Å². The minimum Gasteiger partial charge on any atom is -0.768 e. The van der Waals surface area contributed by atoms with Crippen molar-refractivity contribution in [3.8, 4) is 11.1 Å². The highest BCUT2D eigenvalue weighted by Crippen LogP contribution is 2.31. The molecule has 0 heterocycles. The van der Waals surface area contributed by atoms with Crippen LogP contribution in [0.15, 0.2) is 58.6 Å². The smallest absolute Gasteiger partial charge is 0.116 e. The van der Waals surface area contributed by atoms with Crippen LogP contribution >= 0.6 is 0 Å². The third kappa shape index (κ3) is 2.46. The van der Waals surface area contributed by atoms with Crippen LogP contribution in [-0.2, 0) is 11.1 Å². The van der Waals surface area contributed by atoms with Crippen molar-refractivity contribution in [2.24, 2.45) is 5.18 Å². The maximum Gasteiger partial charge on any atom is 0.116 e. The van der Waals surface area contributed by atoms with Crippen LogP contribution in [0.4, 0.5) is 5.69 Å². The van der Waals surface area contributed by atoms with Crippen LogP contribution in [0.25, 0.3) is 11.1 Å². The molecule has 0 N–H and O–H groups in total. The Morgan fingerprint density at radius 3 is 2.35 bits per heavy atom. The molecule has 4 nitrogen and oxygen atoms in total. The Labute approximate surface area is 101 Å². The van der Waals surface area contributed by atoms with Crippen molar-refractivity contribution in [3.63, 3.8) is 0 Å². The molecule has 0 aliphatic rings. The Morgan fingerprint density at radius 1 is 1.06 bits per heavy atom. The fourth-order valence-corrected chi connectivity index (χ4v) is 1.94. The van der Waals surface area contributed by atoms with Crippen LogP contribution in [0.5, 0.6) is 0 Å². The molecule has 0 saturated carbocycles. The molecular formula is C12H8NO3S-. The summed E-state index contributed by atoms with van der Waals surface area (Å²) >= 11 is -2.35. The molecule has 2 aromatic carbocycles. The molecule has 0 aliphatic carbocycles. The van der Waals surface area contributed by atoms with Gasteiger partial charge in [0, 0.05) is 10.5 Å². The largest absolute Gasteiger partial charge is 0.768 e. The maximum atomic E-state index is 10.8. The number of rotatable bonds is 3. The average Bonchev–Trinajstić information content (AvgIpc) is 2.39. The van der Waals surface area contributed by atoms with Gasteiger partial charge >= 0.3 is 0 Å². The van der Waals surface area contributed by atoms with Crippen molar-refractivity contribution >= 4 is 16.8 Å². The SMILES string of the molecule is O=Nc1cc(S(=O)[O-])ccc1-c1ccccc1. The van der Waals surface area contributed by atoms with Gasteiger partial charge in [0.25, 0.3) is 0 Å². The maximum absolute atomic E-state index is 10.8. The Kier molecular flexibility index (Phi) is 3.41. The monoisotopic (exact) mass is 246 g/mol. The Morgan fingerprint density at radius 2 is 1.76 bits per heavy atom. The molecule has 0 aliphatic heterocycles. The van der Waals surface area contributed by atoms with Gasteiger partial charge in [-0.2, -0.15) is 0 Å². The topological polar surface area (TPSA) is 69.6 Å². The van der Waals surface area contributed by atoms with Crippen LogP contribution in [-0.4, -0.2) is 8.76 Å². The predicted molar refractivity (Wildman–Crippen MR) is 64.5 cm³/mol. The summed E-state index contributed by atoms with van der Waals surface area (Å²) in [5, 5.41) is 2.87. The summed E-state index contributed by atoms with van der Waals surface area (Å²) in [5.41, 5.74) is 1.57. The van der Waals surface area contributed by atoms with Crippen molar-refractivity contribution in [3.05, 3.63) is 53.4 Å². The van der Waals surface area contributed by atoms with E-state index in [9.17, 15) is 13.7 Å². The van der Waals surface area contributed by atoms with Gasteiger partial charge in [0.1, 0.15) is 5.69 Å². The lowest BCUT2D eigenvalue weighted by molar-refractivity contribution is 0.537. The van der Waals surface area contributed by atoms with E-state index in [4.69, 9.17) is 0 Å². The minimum absolute atomic E-state index is 0.0549. The first-order valence-electron chi connectivity index (χ1n) is 4.84. The molecule has 1 atom stereocenters. The molecular weight excluding hydrogens is 238 g/mol. The van der Waals surface area contributed by atoms with Crippen molar-refractivity contribution in [2.45, 2.75) is 4.90 Å². The first-order valence-corrected chi connectivity index (χ1v) is 5.92. The lowest BCUT2D eigenvalue weighted by Crippen LogP contribution is -1.89. The summed E-state index contributed by atoms with van der Waals surface area (Å²) in [4.78, 5) is 10.8. The zero-order valence-corrected chi connectivity index (χ0v) is 9.52. The van der Waals surface area contributed by atoms with Gasteiger partial charge in [-0.05, 0) is 34.0 Å². The van der Waals surface area contributed by atoms with Crippen LogP contribution in [0, 0.1) is 4.91 Å². The summed E-state index contributed by atoms with van der Waals surface area (Å²) in [6, 6.07) is 13.5. The quantitative estimate of drug-likeness (QED) is 0.617. The second-order valence-corrected chi connectivity index (χ2v) is 4.31. The molecule has 2 rings (SSSR count). The summed E-state index contributed by atoms with van der Waals surface area (Å²) in [6.07, 6.45) is 0. The molecule has 0 bridgehead atoms. The van der Waals surface area contributed by atoms with Gasteiger partial charge in [-0.25, -0.2) is 0 Å². The third-order valence-electron chi connectivity index (χ3n) is 2.34. The summed E-state index contributed by atoms with van der Waals surface area (Å²) < 4.78 is 21.5. The fourth-order valence-electron chi connectivity index (χ4n) is 1.55. The molecule has 0 radical (unpaired) electrons. The lowest BCUT2D eigenvalue weighted by atomic mass is 10.0. The van der Waals surface area contributed by atoms with Gasteiger partial charge in [-0.3, -0.25) is 4.21 Å². The standard InChI is InChI=1S/C12H9NO3S/c14-13-12-8-10(17(15)16)6-7-11(12)9-4-2-1-3-5-9/h1-8H,(H,15,16)/p-1. The van der Waals surface area contributed by atoms with E-state index >= 15 is 0 Å². The average molecular weight is 246 g/mol. The normalized spacial score (nSPS) is 12.1. The van der Waals surface area contributed by atoms with Crippen LogP contribution in [0.3, 0.4) is 0 Å². The fraction of sp³-hybridized carbons (Fsp3) is 0. The number of hydrogen-bond donors (Lipinski definition) is 0. The molecule has 86 valence electrons. The Bertz CT molecular complexity index is 569. The van der Waals surface area contributed by atoms with Crippen LogP contribution < -0.4 is 0 Å². The van der Waals surface area contributed by atoms with Gasteiger partial charge in [-0.1, -0.05) is 36.4 Å². The van der Waals surface area contributed by atoms with Gasteiger partial charge < -0.3 is 4.55 Å². The Hall–Kier alpha value is -1.85. The van der Waals surface area contributed by atoms with E-state index in [0.29, 0.717) is 5.56 Å². The molecule has 0 aromatic heterocycles. The highest BCUT2D eigenvalue weighted by atomic mass is 32.2. The van der Waals surface area contributed by atoms with Crippen molar-refractivity contribution in [2.75, 3.05) is 0 Å². The van der Waals surface area contributed by atoms with Gasteiger partial charge in [0.15, 0.2) is 0 Å². The third-order valence-corrected chi connectivity index (χ3v) is 2.98. The number of nitrogens with zero attached hydrogens (tertiary/aromatic N) is 1. The zero-order valence-electron chi connectivity index (χ0n) is 8.70. The summed E-state index contributed by atoms with van der Waals surface area (Å²) in [6.45, 7) is 0. The van der Waals surface area contributed by atoms with Crippen LogP contribution in [0.1, 0.15) is 0 Å². The highest BCUT2D eigenvalue weighted by molar-refractivity contribution is 7.79. The molecule has 0 spiro atoms. The van der Waals surface area contributed by atoms with E-state index in [-0.39, 0.29) is 10.6 Å². The summed E-state index contributed by atoms with van der Waals surface area (Å²) in [7, 11) is 0. The molecule has 0 amide bonds. The molecule has 0 saturated heterocycles. The minimum atomic E-state index is -2.35. The number of benzene rings is 2. The van der Waals surface area contributed by atoms with Crippen molar-refractivity contribution in [1.29, 1.82) is 0 Å². The first-order chi connectivity index (χ1) is 8.22. The van der Waals surface area contributed by atoms with Crippen molar-refractivity contribution < 1.29 is 8.76 Å². The second-order valence-electron chi connectivity index (χ2n) is 3.37. The predicted octanol–water partition coefficient (Wildman–Crippen LogP) is 2.99. The lowest BCUT2D eigenvalue weighted by Gasteiger charge is -2.08. The highest BCUT2D eigenvalue weighted by Gasteiger charge is 2.06. The molecule has 2 aromatic rings. The number of nitroso groups, excluding NO2 is 1. The van der Waals surface area contributed by atoms with Gasteiger partial charge in [0.05, 0.1) is 0 Å². The molecule has 17 heavy (non-hydrogen) atoms. The Balaban J connectivity index is 2.56.